The Morgan fingerprint density at radius 2 is 1.88 bits per heavy atom. The van der Waals surface area contributed by atoms with Crippen LogP contribution in [0.4, 0.5) is 16.2 Å². The average Bonchev–Trinajstić information content (AvgIpc) is 2.27. The van der Waals surface area contributed by atoms with Crippen molar-refractivity contribution in [1.29, 1.82) is 0 Å². The van der Waals surface area contributed by atoms with Crippen LogP contribution >= 0.6 is 0 Å². The molecular formula is C11H16N4O2. The lowest BCUT2D eigenvalue weighted by Gasteiger charge is -2.11. The van der Waals surface area contributed by atoms with E-state index in [4.69, 9.17) is 11.5 Å². The van der Waals surface area contributed by atoms with Crippen LogP contribution in [0.5, 0.6) is 0 Å². The van der Waals surface area contributed by atoms with Crippen molar-refractivity contribution in [3.8, 4) is 0 Å². The van der Waals surface area contributed by atoms with E-state index in [-0.39, 0.29) is 5.91 Å². The van der Waals surface area contributed by atoms with Crippen LogP contribution in [-0.2, 0) is 4.79 Å². The van der Waals surface area contributed by atoms with E-state index in [1.54, 1.807) is 24.3 Å². The Kier molecular flexibility index (Phi) is 4.47. The number of primary amides is 1. The molecule has 17 heavy (non-hydrogen) atoms. The summed E-state index contributed by atoms with van der Waals surface area (Å²) >= 11 is 0. The van der Waals surface area contributed by atoms with Crippen LogP contribution in [0, 0.1) is 0 Å². The van der Waals surface area contributed by atoms with E-state index in [0.29, 0.717) is 17.8 Å². The van der Waals surface area contributed by atoms with Crippen LogP contribution < -0.4 is 22.1 Å². The van der Waals surface area contributed by atoms with Crippen LogP contribution in [0.1, 0.15) is 13.3 Å². The molecule has 1 atom stereocenters. The molecular weight excluding hydrogens is 220 g/mol. The number of nitrogens with two attached hydrogens (primary N) is 2. The van der Waals surface area contributed by atoms with E-state index in [9.17, 15) is 9.59 Å². The lowest BCUT2D eigenvalue weighted by Crippen LogP contribution is -2.34. The standard InChI is InChI=1S/C11H16N4O2/c1-2-9(12)10(16)14-7-4-3-5-8(6-7)15-11(13)17/h3-6,9H,2,12H2,1H3,(H,14,16)(H3,13,15,17)/t9-/m0/s1. The lowest BCUT2D eigenvalue weighted by molar-refractivity contribution is -0.117. The fraction of sp³-hybridized carbons (Fsp3) is 0.273. The van der Waals surface area contributed by atoms with E-state index >= 15 is 0 Å². The molecule has 0 heterocycles. The molecule has 3 amide bonds. The minimum Gasteiger partial charge on any atom is -0.351 e. The van der Waals surface area contributed by atoms with Gasteiger partial charge in [-0.15, -0.1) is 0 Å². The number of carbonyl (C=O) groups excluding carboxylic acids is 2. The van der Waals surface area contributed by atoms with Gasteiger partial charge in [0.25, 0.3) is 0 Å². The Morgan fingerprint density at radius 1 is 1.29 bits per heavy atom. The normalized spacial score (nSPS) is 11.6. The molecule has 6 nitrogen and oxygen atoms in total. The summed E-state index contributed by atoms with van der Waals surface area (Å²) in [6.45, 7) is 1.83. The quantitative estimate of drug-likeness (QED) is 0.622. The molecule has 0 saturated carbocycles. The SMILES string of the molecule is CC[C@H](N)C(=O)Nc1cccc(NC(N)=O)c1. The molecule has 0 aromatic heterocycles. The van der Waals surface area contributed by atoms with Gasteiger partial charge in [-0.1, -0.05) is 13.0 Å². The molecule has 0 aliphatic heterocycles. The number of nitrogens with one attached hydrogen (secondary N) is 2. The van der Waals surface area contributed by atoms with Gasteiger partial charge >= 0.3 is 6.03 Å². The summed E-state index contributed by atoms with van der Waals surface area (Å²) in [4.78, 5) is 22.2. The van der Waals surface area contributed by atoms with Gasteiger partial charge in [0.05, 0.1) is 6.04 Å². The number of carbonyl (C=O) groups is 2. The van der Waals surface area contributed by atoms with Gasteiger partial charge in [-0.05, 0) is 24.6 Å². The molecule has 1 rings (SSSR count). The Morgan fingerprint density at radius 3 is 2.41 bits per heavy atom. The van der Waals surface area contributed by atoms with Crippen molar-refractivity contribution >= 4 is 23.3 Å². The molecule has 6 N–H and O–H groups in total. The molecule has 0 aliphatic rings. The van der Waals surface area contributed by atoms with Crippen molar-refractivity contribution in [3.63, 3.8) is 0 Å². The summed E-state index contributed by atoms with van der Waals surface area (Å²) in [5.74, 6) is -0.260. The third-order valence-corrected chi connectivity index (χ3v) is 2.17. The molecule has 0 aliphatic carbocycles. The molecule has 0 radical (unpaired) electrons. The summed E-state index contributed by atoms with van der Waals surface area (Å²) < 4.78 is 0. The largest absolute Gasteiger partial charge is 0.351 e. The van der Waals surface area contributed by atoms with Crippen LogP contribution in [0.15, 0.2) is 24.3 Å². The third-order valence-electron chi connectivity index (χ3n) is 2.17. The molecule has 0 fully saturated rings. The number of benzene rings is 1. The zero-order valence-corrected chi connectivity index (χ0v) is 9.57. The Labute approximate surface area is 99.4 Å². The zero-order valence-electron chi connectivity index (χ0n) is 9.57. The highest BCUT2D eigenvalue weighted by Crippen LogP contribution is 2.15. The van der Waals surface area contributed by atoms with Gasteiger partial charge in [0.2, 0.25) is 5.91 Å². The first-order valence-corrected chi connectivity index (χ1v) is 5.26. The number of hydrogen-bond donors (Lipinski definition) is 4. The van der Waals surface area contributed by atoms with Gasteiger partial charge in [-0.25, -0.2) is 4.79 Å². The molecule has 1 aromatic rings. The smallest absolute Gasteiger partial charge is 0.316 e. The monoisotopic (exact) mass is 236 g/mol. The van der Waals surface area contributed by atoms with Crippen molar-refractivity contribution < 1.29 is 9.59 Å². The van der Waals surface area contributed by atoms with Gasteiger partial charge in [-0.2, -0.15) is 0 Å². The first-order valence-electron chi connectivity index (χ1n) is 5.26. The maximum atomic E-state index is 11.5. The van der Waals surface area contributed by atoms with E-state index in [1.807, 2.05) is 6.92 Å². The van der Waals surface area contributed by atoms with E-state index < -0.39 is 12.1 Å². The molecule has 1 aromatic carbocycles. The van der Waals surface area contributed by atoms with E-state index in [2.05, 4.69) is 10.6 Å². The number of urea groups is 1. The predicted octanol–water partition coefficient (Wildman–Crippen LogP) is 0.853. The van der Waals surface area contributed by atoms with E-state index in [1.165, 1.54) is 0 Å². The highest BCUT2D eigenvalue weighted by Gasteiger charge is 2.10. The molecule has 92 valence electrons. The zero-order chi connectivity index (χ0) is 12.8. The lowest BCUT2D eigenvalue weighted by atomic mass is 10.2. The summed E-state index contributed by atoms with van der Waals surface area (Å²) in [7, 11) is 0. The van der Waals surface area contributed by atoms with Crippen LogP contribution in [-0.4, -0.2) is 18.0 Å². The summed E-state index contributed by atoms with van der Waals surface area (Å²) in [5, 5.41) is 5.07. The fourth-order valence-electron chi connectivity index (χ4n) is 1.24. The highest BCUT2D eigenvalue weighted by molar-refractivity contribution is 5.95. The number of rotatable bonds is 4. The fourth-order valence-corrected chi connectivity index (χ4v) is 1.24. The third kappa shape index (κ3) is 4.12. The Balaban J connectivity index is 2.72. The second-order valence-corrected chi connectivity index (χ2v) is 3.57. The maximum Gasteiger partial charge on any atom is 0.316 e. The van der Waals surface area contributed by atoms with Gasteiger partial charge < -0.3 is 22.1 Å². The second-order valence-electron chi connectivity index (χ2n) is 3.57. The highest BCUT2D eigenvalue weighted by atomic mass is 16.2. The minimum absolute atomic E-state index is 0.260. The molecule has 0 unspecified atom stereocenters. The minimum atomic E-state index is -0.654. The van der Waals surface area contributed by atoms with Crippen LogP contribution in [0.25, 0.3) is 0 Å². The van der Waals surface area contributed by atoms with Gasteiger partial charge in [-0.3, -0.25) is 4.79 Å². The first-order chi connectivity index (χ1) is 8.02. The second kappa shape index (κ2) is 5.86. The number of hydrogen-bond acceptors (Lipinski definition) is 3. The molecule has 0 bridgehead atoms. The summed E-state index contributed by atoms with van der Waals surface area (Å²) in [6.07, 6.45) is 0.561. The van der Waals surface area contributed by atoms with Crippen LogP contribution in [0.3, 0.4) is 0 Å². The Bertz CT molecular complexity index is 420. The number of anilines is 2. The van der Waals surface area contributed by atoms with Gasteiger partial charge in [0.15, 0.2) is 0 Å². The topological polar surface area (TPSA) is 110 Å². The van der Waals surface area contributed by atoms with Crippen molar-refractivity contribution in [2.75, 3.05) is 10.6 Å². The van der Waals surface area contributed by atoms with Gasteiger partial charge in [0, 0.05) is 11.4 Å². The van der Waals surface area contributed by atoms with E-state index in [0.717, 1.165) is 0 Å². The predicted molar refractivity (Wildman–Crippen MR) is 66.5 cm³/mol. The van der Waals surface area contributed by atoms with Crippen molar-refractivity contribution in [3.05, 3.63) is 24.3 Å². The van der Waals surface area contributed by atoms with Gasteiger partial charge in [0.1, 0.15) is 0 Å². The number of amides is 3. The first kappa shape index (κ1) is 13.0. The van der Waals surface area contributed by atoms with Crippen molar-refractivity contribution in [1.82, 2.24) is 0 Å². The molecule has 0 saturated heterocycles. The maximum absolute atomic E-state index is 11.5. The summed E-state index contributed by atoms with van der Waals surface area (Å²) in [6, 6.07) is 5.47. The molecule has 6 heteroatoms. The van der Waals surface area contributed by atoms with Crippen molar-refractivity contribution in [2.24, 2.45) is 11.5 Å². The Hall–Kier alpha value is -2.08. The summed E-state index contributed by atoms with van der Waals surface area (Å²) in [5.41, 5.74) is 11.6. The molecule has 0 spiro atoms. The van der Waals surface area contributed by atoms with Crippen molar-refractivity contribution in [2.45, 2.75) is 19.4 Å². The average molecular weight is 236 g/mol. The van der Waals surface area contributed by atoms with Crippen LogP contribution in [0.2, 0.25) is 0 Å².